The van der Waals surface area contributed by atoms with Crippen LogP contribution in [0.25, 0.3) is 0 Å². The standard InChI is InChI=1S/C9H16N2O4S2/c12-16(13)6-3-8(7-16)11-17(14,15)9-1-4-10-5-2-9/h3,6,8-11H,1-2,4-5,7H2. The Kier molecular flexibility index (Phi) is 3.58. The summed E-state index contributed by atoms with van der Waals surface area (Å²) in [5, 5.41) is 3.75. The number of hydrogen-bond acceptors (Lipinski definition) is 5. The molecule has 0 saturated carbocycles. The molecule has 1 fully saturated rings. The van der Waals surface area contributed by atoms with Gasteiger partial charge in [0.05, 0.1) is 17.0 Å². The van der Waals surface area contributed by atoms with Crippen molar-refractivity contribution in [3.05, 3.63) is 11.5 Å². The maximum atomic E-state index is 12.0. The smallest absolute Gasteiger partial charge is 0.215 e. The van der Waals surface area contributed by atoms with Gasteiger partial charge >= 0.3 is 0 Å². The van der Waals surface area contributed by atoms with Crippen LogP contribution < -0.4 is 10.0 Å². The normalized spacial score (nSPS) is 29.5. The number of hydrogen-bond donors (Lipinski definition) is 2. The molecule has 8 heteroatoms. The Morgan fingerprint density at radius 2 is 1.88 bits per heavy atom. The summed E-state index contributed by atoms with van der Waals surface area (Å²) in [7, 11) is -6.64. The predicted molar refractivity (Wildman–Crippen MR) is 64.7 cm³/mol. The quantitative estimate of drug-likeness (QED) is 0.689. The van der Waals surface area contributed by atoms with Crippen LogP contribution in [-0.4, -0.2) is 47.0 Å². The van der Waals surface area contributed by atoms with Crippen LogP contribution in [0.2, 0.25) is 0 Å². The number of sulfonamides is 1. The van der Waals surface area contributed by atoms with Crippen LogP contribution >= 0.6 is 0 Å². The van der Waals surface area contributed by atoms with Crippen LogP contribution in [0.15, 0.2) is 11.5 Å². The van der Waals surface area contributed by atoms with Crippen molar-refractivity contribution in [2.75, 3.05) is 18.8 Å². The summed E-state index contributed by atoms with van der Waals surface area (Å²) in [6.45, 7) is 1.37. The van der Waals surface area contributed by atoms with E-state index in [1.807, 2.05) is 0 Å². The van der Waals surface area contributed by atoms with Gasteiger partial charge in [-0.25, -0.2) is 21.6 Å². The third kappa shape index (κ3) is 3.27. The molecule has 1 saturated heterocycles. The molecule has 0 aromatic heterocycles. The van der Waals surface area contributed by atoms with Crippen molar-refractivity contribution in [3.63, 3.8) is 0 Å². The largest absolute Gasteiger partial charge is 0.317 e. The van der Waals surface area contributed by atoms with Crippen molar-refractivity contribution in [3.8, 4) is 0 Å². The number of nitrogens with one attached hydrogen (secondary N) is 2. The Bertz CT molecular complexity index is 503. The Balaban J connectivity index is 2.01. The molecule has 2 N–H and O–H groups in total. The Labute approximate surface area is 101 Å². The zero-order valence-corrected chi connectivity index (χ0v) is 10.9. The van der Waals surface area contributed by atoms with Gasteiger partial charge in [0.15, 0.2) is 9.84 Å². The van der Waals surface area contributed by atoms with Gasteiger partial charge < -0.3 is 5.32 Å². The Morgan fingerprint density at radius 3 is 2.41 bits per heavy atom. The average Bonchev–Trinajstić information content (AvgIpc) is 2.58. The maximum absolute atomic E-state index is 12.0. The first-order chi connectivity index (χ1) is 7.89. The van der Waals surface area contributed by atoms with Gasteiger partial charge in [-0.05, 0) is 25.9 Å². The minimum absolute atomic E-state index is 0.169. The molecule has 0 aliphatic carbocycles. The molecule has 0 amide bonds. The lowest BCUT2D eigenvalue weighted by Crippen LogP contribution is -2.45. The van der Waals surface area contributed by atoms with E-state index in [1.165, 1.54) is 6.08 Å². The summed E-state index contributed by atoms with van der Waals surface area (Å²) >= 11 is 0. The summed E-state index contributed by atoms with van der Waals surface area (Å²) < 4.78 is 48.8. The molecule has 0 aromatic rings. The molecular weight excluding hydrogens is 264 g/mol. The van der Waals surface area contributed by atoms with Gasteiger partial charge in [0.25, 0.3) is 0 Å². The molecule has 98 valence electrons. The van der Waals surface area contributed by atoms with Gasteiger partial charge in [0.1, 0.15) is 0 Å². The second-order valence-electron chi connectivity index (χ2n) is 4.38. The number of sulfone groups is 1. The molecule has 1 unspecified atom stereocenters. The van der Waals surface area contributed by atoms with Crippen molar-refractivity contribution < 1.29 is 16.8 Å². The lowest BCUT2D eigenvalue weighted by molar-refractivity contribution is 0.487. The van der Waals surface area contributed by atoms with Crippen LogP contribution in [0.1, 0.15) is 12.8 Å². The van der Waals surface area contributed by atoms with E-state index in [9.17, 15) is 16.8 Å². The SMILES string of the molecule is O=S1(=O)C=CC(NS(=O)(=O)C2CCNCC2)C1. The molecule has 2 rings (SSSR count). The molecule has 0 radical (unpaired) electrons. The molecule has 17 heavy (non-hydrogen) atoms. The molecule has 2 aliphatic heterocycles. The highest BCUT2D eigenvalue weighted by molar-refractivity contribution is 7.94. The highest BCUT2D eigenvalue weighted by Crippen LogP contribution is 2.15. The average molecular weight is 280 g/mol. The zero-order valence-electron chi connectivity index (χ0n) is 9.29. The van der Waals surface area contributed by atoms with E-state index in [2.05, 4.69) is 10.0 Å². The predicted octanol–water partition coefficient (Wildman–Crippen LogP) is -1.03. The lowest BCUT2D eigenvalue weighted by atomic mass is 10.2. The molecule has 0 bridgehead atoms. The molecule has 1 atom stereocenters. The first-order valence-corrected chi connectivity index (χ1v) is 8.78. The molecule has 2 heterocycles. The minimum atomic E-state index is -3.42. The summed E-state index contributed by atoms with van der Waals surface area (Å²) in [5.74, 6) is -0.169. The fourth-order valence-corrected chi connectivity index (χ4v) is 5.04. The van der Waals surface area contributed by atoms with Gasteiger partial charge in [-0.15, -0.1) is 0 Å². The van der Waals surface area contributed by atoms with E-state index in [0.717, 1.165) is 5.41 Å². The third-order valence-corrected chi connectivity index (χ3v) is 6.35. The highest BCUT2D eigenvalue weighted by atomic mass is 32.2. The van der Waals surface area contributed by atoms with Crippen molar-refractivity contribution >= 4 is 19.9 Å². The summed E-state index contributed by atoms with van der Waals surface area (Å²) in [6.07, 6.45) is 2.53. The first kappa shape index (κ1) is 13.0. The highest BCUT2D eigenvalue weighted by Gasteiger charge is 2.31. The molecule has 2 aliphatic rings. The van der Waals surface area contributed by atoms with Gasteiger partial charge in [-0.3, -0.25) is 0 Å². The summed E-state index contributed by atoms with van der Waals surface area (Å²) in [6, 6.07) is -0.611. The van der Waals surface area contributed by atoms with E-state index in [1.54, 1.807) is 0 Å². The molecule has 0 spiro atoms. The van der Waals surface area contributed by atoms with Crippen LogP contribution in [-0.2, 0) is 19.9 Å². The van der Waals surface area contributed by atoms with Gasteiger partial charge in [-0.1, -0.05) is 6.08 Å². The van der Waals surface area contributed by atoms with E-state index in [4.69, 9.17) is 0 Å². The van der Waals surface area contributed by atoms with Crippen LogP contribution in [0.3, 0.4) is 0 Å². The topological polar surface area (TPSA) is 92.3 Å². The third-order valence-electron chi connectivity index (χ3n) is 2.97. The Morgan fingerprint density at radius 1 is 1.24 bits per heavy atom. The lowest BCUT2D eigenvalue weighted by Gasteiger charge is -2.24. The van der Waals surface area contributed by atoms with Crippen molar-refractivity contribution in [2.24, 2.45) is 0 Å². The maximum Gasteiger partial charge on any atom is 0.215 e. The minimum Gasteiger partial charge on any atom is -0.317 e. The van der Waals surface area contributed by atoms with E-state index < -0.39 is 31.2 Å². The second-order valence-corrected chi connectivity index (χ2v) is 8.30. The van der Waals surface area contributed by atoms with E-state index in [0.29, 0.717) is 25.9 Å². The monoisotopic (exact) mass is 280 g/mol. The van der Waals surface area contributed by atoms with Crippen LogP contribution in [0.4, 0.5) is 0 Å². The molecular formula is C9H16N2O4S2. The number of piperidine rings is 1. The van der Waals surface area contributed by atoms with Crippen molar-refractivity contribution in [1.29, 1.82) is 0 Å². The van der Waals surface area contributed by atoms with Crippen LogP contribution in [0.5, 0.6) is 0 Å². The second kappa shape index (κ2) is 4.68. The summed E-state index contributed by atoms with van der Waals surface area (Å²) in [4.78, 5) is 0. The fourth-order valence-electron chi connectivity index (χ4n) is 2.06. The van der Waals surface area contributed by atoms with Crippen LogP contribution in [0, 0.1) is 0 Å². The molecule has 0 aromatic carbocycles. The van der Waals surface area contributed by atoms with Gasteiger partial charge in [0, 0.05) is 5.41 Å². The Hall–Kier alpha value is -0.440. The van der Waals surface area contributed by atoms with Crippen molar-refractivity contribution in [1.82, 2.24) is 10.0 Å². The summed E-state index contributed by atoms with van der Waals surface area (Å²) in [5.41, 5.74) is 0. The van der Waals surface area contributed by atoms with E-state index in [-0.39, 0.29) is 5.75 Å². The fraction of sp³-hybridized carbons (Fsp3) is 0.778. The van der Waals surface area contributed by atoms with Gasteiger partial charge in [0.2, 0.25) is 10.0 Å². The van der Waals surface area contributed by atoms with E-state index >= 15 is 0 Å². The first-order valence-electron chi connectivity index (χ1n) is 5.52. The molecule has 6 nitrogen and oxygen atoms in total. The zero-order chi connectivity index (χ0) is 12.5. The number of rotatable bonds is 3. The van der Waals surface area contributed by atoms with Gasteiger partial charge in [-0.2, -0.15) is 0 Å². The van der Waals surface area contributed by atoms with Crippen molar-refractivity contribution in [2.45, 2.75) is 24.1 Å².